The van der Waals surface area contributed by atoms with Gasteiger partial charge in [0.15, 0.2) is 0 Å². The SMILES string of the molecule is CC(=O)N1C2CCC(C3CNN(C)C3)CC2N(C(=O)C2CCCO2)C[C@@H]1C. The van der Waals surface area contributed by atoms with Crippen molar-refractivity contribution in [3.8, 4) is 0 Å². The van der Waals surface area contributed by atoms with Crippen molar-refractivity contribution in [3.63, 3.8) is 0 Å². The topological polar surface area (TPSA) is 65.1 Å². The summed E-state index contributed by atoms with van der Waals surface area (Å²) in [5, 5.41) is 2.18. The van der Waals surface area contributed by atoms with Crippen molar-refractivity contribution >= 4 is 11.8 Å². The third-order valence-electron chi connectivity index (χ3n) is 7.17. The van der Waals surface area contributed by atoms with E-state index in [0.29, 0.717) is 25.0 Å². The number of fused-ring (bicyclic) bond motifs is 1. The minimum Gasteiger partial charge on any atom is -0.368 e. The minimum atomic E-state index is -0.276. The molecule has 4 aliphatic rings. The Labute approximate surface area is 162 Å². The standard InChI is InChI=1S/C20H34N4O3/c1-13-11-23(20(26)19-5-4-8-27-19)18-9-15(16-10-21-22(3)12-16)6-7-17(18)24(13)14(2)25/h13,15-19,21H,4-12H2,1-3H3/t13-,15?,16?,17?,18?,19?/m0/s1. The highest BCUT2D eigenvalue weighted by atomic mass is 16.5. The van der Waals surface area contributed by atoms with E-state index in [0.717, 1.165) is 45.2 Å². The first-order valence-electron chi connectivity index (χ1n) is 10.6. The summed E-state index contributed by atoms with van der Waals surface area (Å²) >= 11 is 0. The summed E-state index contributed by atoms with van der Waals surface area (Å²) in [7, 11) is 2.10. The molecular weight excluding hydrogens is 344 g/mol. The lowest BCUT2D eigenvalue weighted by atomic mass is 9.73. The first-order chi connectivity index (χ1) is 13.0. The normalized spacial score (nSPS) is 40.3. The third-order valence-corrected chi connectivity index (χ3v) is 7.17. The molecule has 4 fully saturated rings. The molecule has 152 valence electrons. The lowest BCUT2D eigenvalue weighted by molar-refractivity contribution is -0.160. The van der Waals surface area contributed by atoms with Gasteiger partial charge in [-0.1, -0.05) is 0 Å². The summed E-state index contributed by atoms with van der Waals surface area (Å²) < 4.78 is 5.71. The van der Waals surface area contributed by atoms with Crippen LogP contribution in [-0.2, 0) is 14.3 Å². The smallest absolute Gasteiger partial charge is 0.252 e. The van der Waals surface area contributed by atoms with Crippen molar-refractivity contribution in [1.82, 2.24) is 20.2 Å². The van der Waals surface area contributed by atoms with Crippen LogP contribution in [0.5, 0.6) is 0 Å². The van der Waals surface area contributed by atoms with E-state index in [1.54, 1.807) is 6.92 Å². The first kappa shape index (κ1) is 19.2. The van der Waals surface area contributed by atoms with E-state index in [2.05, 4.69) is 34.2 Å². The Hall–Kier alpha value is -1.18. The summed E-state index contributed by atoms with van der Waals surface area (Å²) in [5.74, 6) is 1.52. The van der Waals surface area contributed by atoms with E-state index in [-0.39, 0.29) is 36.0 Å². The van der Waals surface area contributed by atoms with Crippen LogP contribution >= 0.6 is 0 Å². The molecule has 5 unspecified atom stereocenters. The van der Waals surface area contributed by atoms with Crippen LogP contribution in [0.15, 0.2) is 0 Å². The highest BCUT2D eigenvalue weighted by Crippen LogP contribution is 2.40. The Morgan fingerprint density at radius 3 is 2.52 bits per heavy atom. The highest BCUT2D eigenvalue weighted by molar-refractivity contribution is 5.82. The Kier molecular flexibility index (Phi) is 5.45. The van der Waals surface area contributed by atoms with Crippen molar-refractivity contribution in [3.05, 3.63) is 0 Å². The lowest BCUT2D eigenvalue weighted by Crippen LogP contribution is -2.68. The van der Waals surface area contributed by atoms with E-state index in [1.807, 2.05) is 0 Å². The molecule has 0 aromatic heterocycles. The van der Waals surface area contributed by atoms with Crippen LogP contribution in [0.2, 0.25) is 0 Å². The molecule has 1 saturated carbocycles. The van der Waals surface area contributed by atoms with Crippen molar-refractivity contribution < 1.29 is 14.3 Å². The van der Waals surface area contributed by atoms with Crippen LogP contribution in [0.25, 0.3) is 0 Å². The van der Waals surface area contributed by atoms with Gasteiger partial charge < -0.3 is 14.5 Å². The summed E-state index contributed by atoms with van der Waals surface area (Å²) in [6, 6.07) is 0.358. The van der Waals surface area contributed by atoms with Gasteiger partial charge in [-0.05, 0) is 50.9 Å². The molecule has 0 bridgehead atoms. The van der Waals surface area contributed by atoms with E-state index < -0.39 is 0 Å². The number of amides is 2. The van der Waals surface area contributed by atoms with Crippen molar-refractivity contribution in [2.75, 3.05) is 33.3 Å². The van der Waals surface area contributed by atoms with Crippen molar-refractivity contribution in [2.45, 2.75) is 70.2 Å². The number of carbonyl (C=O) groups is 2. The molecule has 27 heavy (non-hydrogen) atoms. The van der Waals surface area contributed by atoms with Crippen molar-refractivity contribution in [1.29, 1.82) is 0 Å². The molecule has 3 aliphatic heterocycles. The summed E-state index contributed by atoms with van der Waals surface area (Å²) in [5.41, 5.74) is 3.42. The van der Waals surface area contributed by atoms with Crippen LogP contribution < -0.4 is 5.43 Å². The van der Waals surface area contributed by atoms with Crippen LogP contribution in [0.1, 0.15) is 46.0 Å². The molecule has 7 heteroatoms. The van der Waals surface area contributed by atoms with Gasteiger partial charge in [0.2, 0.25) is 5.91 Å². The molecule has 0 aromatic rings. The summed E-state index contributed by atoms with van der Waals surface area (Å²) in [6.07, 6.45) is 4.66. The maximum absolute atomic E-state index is 13.2. The van der Waals surface area contributed by atoms with Crippen LogP contribution in [0.3, 0.4) is 0 Å². The molecule has 6 atom stereocenters. The van der Waals surface area contributed by atoms with E-state index in [9.17, 15) is 9.59 Å². The van der Waals surface area contributed by atoms with E-state index >= 15 is 0 Å². The van der Waals surface area contributed by atoms with Gasteiger partial charge in [-0.25, -0.2) is 5.01 Å². The van der Waals surface area contributed by atoms with Gasteiger partial charge in [-0.2, -0.15) is 0 Å². The second kappa shape index (κ2) is 7.68. The van der Waals surface area contributed by atoms with E-state index in [4.69, 9.17) is 4.74 Å². The Bertz CT molecular complexity index is 580. The first-order valence-corrected chi connectivity index (χ1v) is 10.6. The van der Waals surface area contributed by atoms with E-state index in [1.165, 1.54) is 0 Å². The fourth-order valence-corrected chi connectivity index (χ4v) is 5.91. The van der Waals surface area contributed by atoms with Crippen LogP contribution in [-0.4, -0.2) is 84.1 Å². The molecule has 0 radical (unpaired) electrons. The maximum atomic E-state index is 13.2. The second-order valence-electron chi connectivity index (χ2n) is 8.98. The van der Waals surface area contributed by atoms with Gasteiger partial charge in [0.25, 0.3) is 5.91 Å². The van der Waals surface area contributed by atoms with Gasteiger partial charge >= 0.3 is 0 Å². The minimum absolute atomic E-state index is 0.0740. The molecule has 0 aromatic carbocycles. The van der Waals surface area contributed by atoms with Crippen LogP contribution in [0, 0.1) is 11.8 Å². The number of ether oxygens (including phenoxy) is 1. The van der Waals surface area contributed by atoms with Crippen molar-refractivity contribution in [2.24, 2.45) is 11.8 Å². The number of rotatable bonds is 2. The molecule has 4 rings (SSSR count). The average molecular weight is 379 g/mol. The molecule has 3 saturated heterocycles. The number of nitrogens with zero attached hydrogens (tertiary/aromatic N) is 3. The second-order valence-corrected chi connectivity index (χ2v) is 8.98. The Morgan fingerprint density at radius 1 is 1.07 bits per heavy atom. The van der Waals surface area contributed by atoms with Gasteiger partial charge in [-0.3, -0.25) is 15.0 Å². The predicted molar refractivity (Wildman–Crippen MR) is 102 cm³/mol. The zero-order valence-electron chi connectivity index (χ0n) is 16.9. The number of hydrogen-bond donors (Lipinski definition) is 1. The van der Waals surface area contributed by atoms with Gasteiger partial charge in [0, 0.05) is 46.3 Å². The Balaban J connectivity index is 1.55. The number of hydrogen-bond acceptors (Lipinski definition) is 5. The number of hydrazine groups is 1. The number of piperazine rings is 1. The average Bonchev–Trinajstić information content (AvgIpc) is 3.31. The third kappa shape index (κ3) is 3.61. The quantitative estimate of drug-likeness (QED) is 0.772. The number of carbonyl (C=O) groups excluding carboxylic acids is 2. The molecule has 7 nitrogen and oxygen atoms in total. The monoisotopic (exact) mass is 378 g/mol. The highest BCUT2D eigenvalue weighted by Gasteiger charge is 2.48. The van der Waals surface area contributed by atoms with Crippen LogP contribution in [0.4, 0.5) is 0 Å². The molecule has 2 amide bonds. The molecule has 0 spiro atoms. The molecule has 1 N–H and O–H groups in total. The number of nitrogens with one attached hydrogen (secondary N) is 1. The molecular formula is C20H34N4O3. The summed E-state index contributed by atoms with van der Waals surface area (Å²) in [6.45, 7) is 7.16. The summed E-state index contributed by atoms with van der Waals surface area (Å²) in [4.78, 5) is 29.7. The van der Waals surface area contributed by atoms with Gasteiger partial charge in [0.05, 0.1) is 12.1 Å². The maximum Gasteiger partial charge on any atom is 0.252 e. The fraction of sp³-hybridized carbons (Fsp3) is 0.900. The molecule has 3 heterocycles. The van der Waals surface area contributed by atoms with Gasteiger partial charge in [-0.15, -0.1) is 0 Å². The largest absolute Gasteiger partial charge is 0.368 e. The zero-order chi connectivity index (χ0) is 19.1. The van der Waals surface area contributed by atoms with Gasteiger partial charge in [0.1, 0.15) is 6.10 Å². The fourth-order valence-electron chi connectivity index (χ4n) is 5.91. The Morgan fingerprint density at radius 2 is 1.89 bits per heavy atom. The predicted octanol–water partition coefficient (Wildman–Crippen LogP) is 0.848. The molecule has 1 aliphatic carbocycles. The lowest BCUT2D eigenvalue weighted by Gasteiger charge is -2.54. The zero-order valence-corrected chi connectivity index (χ0v) is 16.9.